The molecule has 1 aromatic heterocycles. The number of nitrogens with zero attached hydrogens (tertiary/aromatic N) is 1. The van der Waals surface area contributed by atoms with Gasteiger partial charge in [0, 0.05) is 16.7 Å². The van der Waals surface area contributed by atoms with E-state index in [9.17, 15) is 4.79 Å². The molecule has 6 heteroatoms. The minimum absolute atomic E-state index is 0.168. The number of aromatic amines is 1. The molecule has 126 valence electrons. The molecule has 25 heavy (non-hydrogen) atoms. The fraction of sp³-hybridized carbons (Fsp3) is 0.158. The highest BCUT2D eigenvalue weighted by molar-refractivity contribution is 6.00. The number of hydrogen-bond acceptors (Lipinski definition) is 4. The van der Waals surface area contributed by atoms with Gasteiger partial charge in [0.1, 0.15) is 17.2 Å². The van der Waals surface area contributed by atoms with Crippen LogP contribution in [0, 0.1) is 0 Å². The van der Waals surface area contributed by atoms with Crippen molar-refractivity contribution in [1.29, 1.82) is 0 Å². The monoisotopic (exact) mass is 335 g/mol. The summed E-state index contributed by atoms with van der Waals surface area (Å²) in [5.41, 5.74) is 3.87. The van der Waals surface area contributed by atoms with Crippen LogP contribution in [0.4, 0.5) is 0 Å². The lowest BCUT2D eigenvalue weighted by Crippen LogP contribution is -2.21. The number of para-hydroxylation sites is 1. The Morgan fingerprint density at radius 1 is 1.00 bits per heavy atom. The molecule has 0 saturated heterocycles. The molecule has 1 aliphatic heterocycles. The summed E-state index contributed by atoms with van der Waals surface area (Å²) in [4.78, 5) is 12.4. The van der Waals surface area contributed by atoms with E-state index in [1.165, 1.54) is 0 Å². The zero-order valence-corrected chi connectivity index (χ0v) is 13.9. The lowest BCUT2D eigenvalue weighted by atomic mass is 9.96. The van der Waals surface area contributed by atoms with Gasteiger partial charge in [0.05, 0.1) is 26.0 Å². The Morgan fingerprint density at radius 3 is 2.48 bits per heavy atom. The van der Waals surface area contributed by atoms with Gasteiger partial charge < -0.3 is 14.8 Å². The summed E-state index contributed by atoms with van der Waals surface area (Å²) >= 11 is 0. The molecule has 4 rings (SSSR count). The molecule has 0 radical (unpaired) electrons. The topological polar surface area (TPSA) is 76.2 Å². The SMILES string of the molecule is COc1ccc(-c2n[nH]c3c2[C@H](c2ccccc2OC)NC3=O)cc1. The highest BCUT2D eigenvalue weighted by Gasteiger charge is 2.36. The molecule has 2 aromatic carbocycles. The zero-order valence-electron chi connectivity index (χ0n) is 13.9. The van der Waals surface area contributed by atoms with Crippen LogP contribution in [0.3, 0.4) is 0 Å². The average Bonchev–Trinajstić information content (AvgIpc) is 3.23. The van der Waals surface area contributed by atoms with Crippen LogP contribution in [0.15, 0.2) is 48.5 Å². The van der Waals surface area contributed by atoms with Crippen molar-refractivity contribution in [3.05, 3.63) is 65.4 Å². The molecule has 2 heterocycles. The van der Waals surface area contributed by atoms with Gasteiger partial charge in [0.25, 0.3) is 5.91 Å². The number of fused-ring (bicyclic) bond motifs is 1. The average molecular weight is 335 g/mol. The molecule has 0 fully saturated rings. The Bertz CT molecular complexity index is 931. The number of carbonyl (C=O) groups excluding carboxylic acids is 1. The summed E-state index contributed by atoms with van der Waals surface area (Å²) < 4.78 is 10.7. The van der Waals surface area contributed by atoms with Gasteiger partial charge in [0.2, 0.25) is 0 Å². The van der Waals surface area contributed by atoms with E-state index in [4.69, 9.17) is 9.47 Å². The lowest BCUT2D eigenvalue weighted by Gasteiger charge is -2.16. The number of nitrogens with one attached hydrogen (secondary N) is 2. The van der Waals surface area contributed by atoms with Crippen LogP contribution >= 0.6 is 0 Å². The van der Waals surface area contributed by atoms with E-state index in [0.29, 0.717) is 5.69 Å². The predicted molar refractivity (Wildman–Crippen MR) is 92.9 cm³/mol. The number of benzene rings is 2. The van der Waals surface area contributed by atoms with E-state index >= 15 is 0 Å². The van der Waals surface area contributed by atoms with Crippen molar-refractivity contribution in [3.63, 3.8) is 0 Å². The minimum atomic E-state index is -0.311. The smallest absolute Gasteiger partial charge is 0.270 e. The second-order valence-electron chi connectivity index (χ2n) is 5.74. The Kier molecular flexibility index (Phi) is 3.65. The van der Waals surface area contributed by atoms with Gasteiger partial charge in [-0.2, -0.15) is 5.10 Å². The van der Waals surface area contributed by atoms with Crippen molar-refractivity contribution in [2.24, 2.45) is 0 Å². The largest absolute Gasteiger partial charge is 0.497 e. The van der Waals surface area contributed by atoms with Gasteiger partial charge in [0.15, 0.2) is 0 Å². The number of ether oxygens (including phenoxy) is 2. The second kappa shape index (κ2) is 5.98. The summed E-state index contributed by atoms with van der Waals surface area (Å²) in [7, 11) is 3.25. The molecule has 0 spiro atoms. The highest BCUT2D eigenvalue weighted by atomic mass is 16.5. The summed E-state index contributed by atoms with van der Waals surface area (Å²) in [5.74, 6) is 1.33. The standard InChI is InChI=1S/C19H17N3O3/c1-24-12-9-7-11(8-10-12)16-15-17(20-19(23)18(15)22-21-16)13-5-3-4-6-14(13)25-2/h3-10,17H,1-2H3,(H,20,23)(H,21,22)/t17-/m0/s1. The molecule has 0 unspecified atom stereocenters. The Balaban J connectivity index is 1.84. The first-order valence-corrected chi connectivity index (χ1v) is 7.89. The quantitative estimate of drug-likeness (QED) is 0.769. The van der Waals surface area contributed by atoms with Gasteiger partial charge in [-0.1, -0.05) is 18.2 Å². The fourth-order valence-corrected chi connectivity index (χ4v) is 3.19. The lowest BCUT2D eigenvalue weighted by molar-refractivity contribution is 0.0955. The van der Waals surface area contributed by atoms with Crippen LogP contribution in [0.2, 0.25) is 0 Å². The molecule has 3 aromatic rings. The number of H-pyrrole nitrogens is 1. The number of amides is 1. The van der Waals surface area contributed by atoms with Crippen LogP contribution in [0.25, 0.3) is 11.3 Å². The Hall–Kier alpha value is -3.28. The second-order valence-corrected chi connectivity index (χ2v) is 5.74. The van der Waals surface area contributed by atoms with Crippen LogP contribution in [-0.2, 0) is 0 Å². The van der Waals surface area contributed by atoms with Crippen molar-refractivity contribution in [2.75, 3.05) is 14.2 Å². The summed E-state index contributed by atoms with van der Waals surface area (Å²) in [6.07, 6.45) is 0. The first-order valence-electron chi connectivity index (χ1n) is 7.89. The number of carbonyl (C=O) groups is 1. The van der Waals surface area contributed by atoms with E-state index in [-0.39, 0.29) is 11.9 Å². The first kappa shape index (κ1) is 15.3. The van der Waals surface area contributed by atoms with Gasteiger partial charge in [-0.15, -0.1) is 0 Å². The van der Waals surface area contributed by atoms with E-state index in [2.05, 4.69) is 15.5 Å². The minimum Gasteiger partial charge on any atom is -0.497 e. The summed E-state index contributed by atoms with van der Waals surface area (Å²) in [5, 5.41) is 10.3. The Labute approximate surface area is 144 Å². The fourth-order valence-electron chi connectivity index (χ4n) is 3.19. The summed E-state index contributed by atoms with van der Waals surface area (Å²) in [6, 6.07) is 15.0. The predicted octanol–water partition coefficient (Wildman–Crippen LogP) is 2.93. The number of methoxy groups -OCH3 is 2. The van der Waals surface area contributed by atoms with E-state index in [1.54, 1.807) is 14.2 Å². The molecular formula is C19H17N3O3. The number of hydrogen-bond donors (Lipinski definition) is 2. The maximum absolute atomic E-state index is 12.4. The van der Waals surface area contributed by atoms with Crippen LogP contribution in [-0.4, -0.2) is 30.3 Å². The van der Waals surface area contributed by atoms with Crippen LogP contribution in [0.1, 0.15) is 27.7 Å². The Morgan fingerprint density at radius 2 is 1.76 bits per heavy atom. The van der Waals surface area contributed by atoms with Gasteiger partial charge in [-0.25, -0.2) is 0 Å². The van der Waals surface area contributed by atoms with Crippen molar-refractivity contribution in [3.8, 4) is 22.8 Å². The zero-order chi connectivity index (χ0) is 17.4. The maximum atomic E-state index is 12.4. The van der Waals surface area contributed by atoms with Gasteiger partial charge >= 0.3 is 0 Å². The molecular weight excluding hydrogens is 318 g/mol. The normalized spacial score (nSPS) is 15.6. The molecule has 0 aliphatic carbocycles. The van der Waals surface area contributed by atoms with E-state index in [0.717, 1.165) is 33.9 Å². The molecule has 0 saturated carbocycles. The third kappa shape index (κ3) is 2.42. The third-order valence-electron chi connectivity index (χ3n) is 4.41. The van der Waals surface area contributed by atoms with Crippen molar-refractivity contribution >= 4 is 5.91 Å². The molecule has 0 bridgehead atoms. The van der Waals surface area contributed by atoms with E-state index in [1.807, 2.05) is 48.5 Å². The highest BCUT2D eigenvalue weighted by Crippen LogP contribution is 2.40. The molecule has 1 atom stereocenters. The van der Waals surface area contributed by atoms with Gasteiger partial charge in [-0.3, -0.25) is 9.89 Å². The number of aromatic nitrogens is 2. The molecule has 1 amide bonds. The van der Waals surface area contributed by atoms with Crippen molar-refractivity contribution in [1.82, 2.24) is 15.5 Å². The first-order chi connectivity index (χ1) is 12.2. The molecule has 6 nitrogen and oxygen atoms in total. The molecule has 2 N–H and O–H groups in total. The molecule has 1 aliphatic rings. The van der Waals surface area contributed by atoms with Crippen LogP contribution < -0.4 is 14.8 Å². The van der Waals surface area contributed by atoms with E-state index < -0.39 is 0 Å². The maximum Gasteiger partial charge on any atom is 0.270 e. The van der Waals surface area contributed by atoms with Crippen molar-refractivity contribution < 1.29 is 14.3 Å². The van der Waals surface area contributed by atoms with Crippen LogP contribution in [0.5, 0.6) is 11.5 Å². The van der Waals surface area contributed by atoms with Crippen molar-refractivity contribution in [2.45, 2.75) is 6.04 Å². The third-order valence-corrected chi connectivity index (χ3v) is 4.41. The van der Waals surface area contributed by atoms with Gasteiger partial charge in [-0.05, 0) is 30.3 Å². The number of rotatable bonds is 4. The summed E-state index contributed by atoms with van der Waals surface area (Å²) in [6.45, 7) is 0.